The van der Waals surface area contributed by atoms with Crippen LogP contribution in [0, 0.1) is 0 Å². The molecular formula is C20H26N6O8. The van der Waals surface area contributed by atoms with Crippen molar-refractivity contribution in [1.82, 2.24) is 24.8 Å². The Morgan fingerprint density at radius 1 is 1.15 bits per heavy atom. The monoisotopic (exact) mass is 478 g/mol. The van der Waals surface area contributed by atoms with Crippen molar-refractivity contribution >= 4 is 35.0 Å². The maximum absolute atomic E-state index is 11.9. The topological polar surface area (TPSA) is 165 Å². The van der Waals surface area contributed by atoms with E-state index in [1.807, 2.05) is 0 Å². The van der Waals surface area contributed by atoms with Crippen molar-refractivity contribution in [3.63, 3.8) is 0 Å². The number of rotatable bonds is 7. The van der Waals surface area contributed by atoms with E-state index in [1.165, 1.54) is 33.5 Å². The van der Waals surface area contributed by atoms with Gasteiger partial charge in [-0.2, -0.15) is 0 Å². The Labute approximate surface area is 194 Å². The van der Waals surface area contributed by atoms with Gasteiger partial charge in [0.1, 0.15) is 19.0 Å². The first-order valence-electron chi connectivity index (χ1n) is 10.7. The number of carbonyl (C=O) groups is 3. The second-order valence-electron chi connectivity index (χ2n) is 7.81. The third-order valence-corrected chi connectivity index (χ3v) is 5.38. The van der Waals surface area contributed by atoms with Gasteiger partial charge in [-0.25, -0.2) is 19.7 Å². The van der Waals surface area contributed by atoms with Crippen molar-refractivity contribution in [2.75, 3.05) is 32.2 Å². The average molecular weight is 478 g/mol. The molecule has 4 heterocycles. The molecule has 4 rings (SSSR count). The summed E-state index contributed by atoms with van der Waals surface area (Å²) >= 11 is 0. The summed E-state index contributed by atoms with van der Waals surface area (Å²) in [6.07, 6.45) is -0.963. The van der Waals surface area contributed by atoms with Crippen molar-refractivity contribution in [3.05, 3.63) is 12.7 Å². The molecular weight excluding hydrogens is 452 g/mol. The first kappa shape index (κ1) is 23.6. The molecule has 14 nitrogen and oxygen atoms in total. The minimum atomic E-state index is -1.05. The minimum absolute atomic E-state index is 0.0966. The van der Waals surface area contributed by atoms with E-state index in [0.29, 0.717) is 30.2 Å². The zero-order valence-electron chi connectivity index (χ0n) is 18.9. The molecule has 1 amide bonds. The third-order valence-electron chi connectivity index (χ3n) is 5.38. The number of nitrogens with zero attached hydrogens (tertiary/aromatic N) is 4. The van der Waals surface area contributed by atoms with Crippen molar-refractivity contribution in [1.29, 1.82) is 0 Å². The number of ether oxygens (including phenoxy) is 5. The fourth-order valence-electron chi connectivity index (χ4n) is 3.93. The average Bonchev–Trinajstić information content (AvgIpc) is 3.52. The lowest BCUT2D eigenvalue weighted by atomic mass is 10.1. The molecule has 0 radical (unpaired) electrons. The smallest absolute Gasteiger partial charge is 0.406 e. The van der Waals surface area contributed by atoms with Gasteiger partial charge in [-0.1, -0.05) is 0 Å². The number of alkyl carbamates (subject to hydrolysis) is 1. The number of esters is 2. The molecule has 2 saturated heterocycles. The molecule has 2 aromatic rings. The van der Waals surface area contributed by atoms with Gasteiger partial charge in [0, 0.05) is 27.5 Å². The summed E-state index contributed by atoms with van der Waals surface area (Å²) in [7, 11) is 1.41. The van der Waals surface area contributed by atoms with Crippen LogP contribution in [0.1, 0.15) is 26.5 Å². The van der Waals surface area contributed by atoms with Gasteiger partial charge in [0.25, 0.3) is 0 Å². The van der Waals surface area contributed by atoms with Gasteiger partial charge < -0.3 is 34.3 Å². The summed E-state index contributed by atoms with van der Waals surface area (Å²) in [5, 5.41) is 5.63. The first-order valence-corrected chi connectivity index (χ1v) is 10.7. The number of aromatic nitrogens is 4. The highest BCUT2D eigenvalue weighted by Gasteiger charge is 2.51. The highest BCUT2D eigenvalue weighted by molar-refractivity contribution is 5.83. The Morgan fingerprint density at radius 3 is 2.59 bits per heavy atom. The lowest BCUT2D eigenvalue weighted by Crippen LogP contribution is -2.41. The molecule has 2 fully saturated rings. The standard InChI is InChI=1S/C20H26N6O8/c1-10(27)32-15-13(7-31-20(29)21-3)34-19(16(15)33-11(2)28)26-9-24-14-17(22-8-23-18(14)26)25-12-4-5-30-6-12/h8-9,12-13,15-16,19H,4-7H2,1-3H3,(H,21,29)(H,22,23,25)/t12-,13+,15-,16-,19-/m1/s1. The number of hydrogen-bond acceptors (Lipinski definition) is 12. The van der Waals surface area contributed by atoms with Crippen LogP contribution < -0.4 is 10.6 Å². The largest absolute Gasteiger partial charge is 0.455 e. The molecule has 14 heteroatoms. The fraction of sp³-hybridized carbons (Fsp3) is 0.600. The summed E-state index contributed by atoms with van der Waals surface area (Å²) < 4.78 is 29.0. The van der Waals surface area contributed by atoms with Crippen LogP contribution in [-0.4, -0.2) is 88.8 Å². The Balaban J connectivity index is 1.66. The van der Waals surface area contributed by atoms with E-state index in [-0.39, 0.29) is 12.6 Å². The molecule has 0 bridgehead atoms. The predicted octanol–water partition coefficient (Wildman–Crippen LogP) is 0.144. The molecule has 0 aromatic carbocycles. The molecule has 0 aliphatic carbocycles. The second kappa shape index (κ2) is 10.2. The normalized spacial score (nSPS) is 26.3. The highest BCUT2D eigenvalue weighted by atomic mass is 16.7. The van der Waals surface area contributed by atoms with Crippen LogP contribution in [0.25, 0.3) is 11.2 Å². The van der Waals surface area contributed by atoms with Crippen LogP contribution in [0.15, 0.2) is 12.7 Å². The summed E-state index contributed by atoms with van der Waals surface area (Å²) in [5.41, 5.74) is 0.890. The number of imidazole rings is 1. The van der Waals surface area contributed by atoms with Gasteiger partial charge in [0.2, 0.25) is 0 Å². The molecule has 184 valence electrons. The molecule has 34 heavy (non-hydrogen) atoms. The van der Waals surface area contributed by atoms with Crippen molar-refractivity contribution in [2.45, 2.75) is 50.8 Å². The van der Waals surface area contributed by atoms with Crippen LogP contribution >= 0.6 is 0 Å². The van der Waals surface area contributed by atoms with Gasteiger partial charge in [-0.3, -0.25) is 14.2 Å². The molecule has 2 aliphatic heterocycles. The first-order chi connectivity index (χ1) is 16.4. The number of carbonyl (C=O) groups excluding carboxylic acids is 3. The fourth-order valence-corrected chi connectivity index (χ4v) is 3.93. The number of fused-ring (bicyclic) bond motifs is 1. The Bertz CT molecular complexity index is 1050. The number of nitrogens with one attached hydrogen (secondary N) is 2. The summed E-state index contributed by atoms with van der Waals surface area (Å²) in [6, 6.07) is 0.0966. The molecule has 0 unspecified atom stereocenters. The lowest BCUT2D eigenvalue weighted by molar-refractivity contribution is -0.165. The molecule has 2 aliphatic rings. The molecule has 0 spiro atoms. The zero-order valence-corrected chi connectivity index (χ0v) is 18.9. The van der Waals surface area contributed by atoms with Crippen LogP contribution in [0.5, 0.6) is 0 Å². The SMILES string of the molecule is CNC(=O)OC[C@@H]1O[C@@H](n2cnc3c(N[C@@H]4CCOC4)ncnc32)[C@H](OC(C)=O)[C@@H]1OC(C)=O. The summed E-state index contributed by atoms with van der Waals surface area (Å²) in [6.45, 7) is 3.43. The van der Waals surface area contributed by atoms with Gasteiger partial charge >= 0.3 is 18.0 Å². The Kier molecular flexibility index (Phi) is 7.07. The summed E-state index contributed by atoms with van der Waals surface area (Å²) in [5.74, 6) is -0.692. The van der Waals surface area contributed by atoms with E-state index >= 15 is 0 Å². The second-order valence-corrected chi connectivity index (χ2v) is 7.81. The molecule has 2 aromatic heterocycles. The zero-order chi connectivity index (χ0) is 24.2. The van der Waals surface area contributed by atoms with E-state index in [9.17, 15) is 14.4 Å². The third kappa shape index (κ3) is 5.02. The lowest BCUT2D eigenvalue weighted by Gasteiger charge is -2.23. The number of hydrogen-bond donors (Lipinski definition) is 2. The quantitative estimate of drug-likeness (QED) is 0.409. The van der Waals surface area contributed by atoms with Gasteiger partial charge in [0.15, 0.2) is 35.4 Å². The minimum Gasteiger partial charge on any atom is -0.455 e. The van der Waals surface area contributed by atoms with Crippen LogP contribution in [0.4, 0.5) is 10.6 Å². The van der Waals surface area contributed by atoms with Crippen LogP contribution in [0.3, 0.4) is 0 Å². The summed E-state index contributed by atoms with van der Waals surface area (Å²) in [4.78, 5) is 48.3. The van der Waals surface area contributed by atoms with E-state index in [2.05, 4.69) is 25.6 Å². The molecule has 5 atom stereocenters. The van der Waals surface area contributed by atoms with E-state index in [1.54, 1.807) is 4.57 Å². The Hall–Kier alpha value is -3.52. The maximum atomic E-state index is 11.9. The van der Waals surface area contributed by atoms with Crippen molar-refractivity contribution in [3.8, 4) is 0 Å². The predicted molar refractivity (Wildman–Crippen MR) is 114 cm³/mol. The van der Waals surface area contributed by atoms with Crippen LogP contribution in [-0.2, 0) is 33.3 Å². The van der Waals surface area contributed by atoms with E-state index < -0.39 is 42.6 Å². The number of anilines is 1. The highest BCUT2D eigenvalue weighted by Crippen LogP contribution is 2.36. The van der Waals surface area contributed by atoms with E-state index in [4.69, 9.17) is 23.7 Å². The molecule has 0 saturated carbocycles. The van der Waals surface area contributed by atoms with Gasteiger partial charge in [-0.05, 0) is 6.42 Å². The van der Waals surface area contributed by atoms with Crippen molar-refractivity contribution < 1.29 is 38.1 Å². The Morgan fingerprint density at radius 2 is 1.91 bits per heavy atom. The van der Waals surface area contributed by atoms with Crippen molar-refractivity contribution in [2.24, 2.45) is 0 Å². The van der Waals surface area contributed by atoms with Crippen LogP contribution in [0.2, 0.25) is 0 Å². The van der Waals surface area contributed by atoms with E-state index in [0.717, 1.165) is 6.42 Å². The number of amides is 1. The maximum Gasteiger partial charge on any atom is 0.406 e. The van der Waals surface area contributed by atoms with Gasteiger partial charge in [-0.15, -0.1) is 0 Å². The molecule has 2 N–H and O–H groups in total. The van der Waals surface area contributed by atoms with Gasteiger partial charge in [0.05, 0.1) is 19.0 Å².